The van der Waals surface area contributed by atoms with Gasteiger partial charge in [-0.05, 0) is 18.3 Å². The zero-order chi connectivity index (χ0) is 20.9. The second kappa shape index (κ2) is 7.57. The molecule has 160 valence electrons. The highest BCUT2D eigenvalue weighted by Crippen LogP contribution is 2.52. The summed E-state index contributed by atoms with van der Waals surface area (Å²) in [6.45, 7) is 4.98. The number of anilines is 1. The summed E-state index contributed by atoms with van der Waals surface area (Å²) in [5.41, 5.74) is 2.18. The van der Waals surface area contributed by atoms with Gasteiger partial charge in [0.15, 0.2) is 5.13 Å². The maximum absolute atomic E-state index is 12.9. The predicted molar refractivity (Wildman–Crippen MR) is 121 cm³/mol. The van der Waals surface area contributed by atoms with Gasteiger partial charge in [-0.25, -0.2) is 4.98 Å². The Morgan fingerprint density at radius 3 is 2.26 bits per heavy atom. The molecule has 0 unspecified atom stereocenters. The number of benzene rings is 1. The molecule has 3 heterocycles. The molecule has 2 aromatic rings. The molecule has 2 saturated heterocycles. The fraction of sp³-hybridized carbons (Fsp3) is 0.458. The van der Waals surface area contributed by atoms with E-state index in [1.165, 1.54) is 0 Å². The van der Waals surface area contributed by atoms with E-state index in [1.54, 1.807) is 16.2 Å². The quantitative estimate of drug-likeness (QED) is 0.535. The van der Waals surface area contributed by atoms with Crippen LogP contribution in [-0.2, 0) is 9.59 Å². The van der Waals surface area contributed by atoms with E-state index in [1.807, 2.05) is 18.2 Å². The van der Waals surface area contributed by atoms with Crippen LogP contribution in [0, 0.1) is 23.7 Å². The summed E-state index contributed by atoms with van der Waals surface area (Å²) in [5, 5.41) is 3.19. The third-order valence-corrected chi connectivity index (χ3v) is 8.31. The van der Waals surface area contributed by atoms with Gasteiger partial charge < -0.3 is 4.90 Å². The number of allylic oxidation sites excluding steroid dienone is 2. The molecule has 1 aromatic heterocycles. The Morgan fingerprint density at radius 2 is 1.58 bits per heavy atom. The van der Waals surface area contributed by atoms with Gasteiger partial charge in [0.25, 0.3) is 0 Å². The Balaban J connectivity index is 1.03. The van der Waals surface area contributed by atoms with E-state index in [9.17, 15) is 9.59 Å². The van der Waals surface area contributed by atoms with Crippen LogP contribution in [0.25, 0.3) is 11.3 Å². The fourth-order valence-electron chi connectivity index (χ4n) is 5.74. The van der Waals surface area contributed by atoms with E-state index >= 15 is 0 Å². The van der Waals surface area contributed by atoms with Crippen molar-refractivity contribution in [2.24, 2.45) is 23.7 Å². The summed E-state index contributed by atoms with van der Waals surface area (Å²) in [6, 6.07) is 10.3. The Hall–Kier alpha value is -2.51. The number of thiazole rings is 1. The molecule has 6 nitrogen and oxygen atoms in total. The summed E-state index contributed by atoms with van der Waals surface area (Å²) in [7, 11) is 0. The van der Waals surface area contributed by atoms with Crippen molar-refractivity contribution in [3.05, 3.63) is 47.9 Å². The Bertz CT molecular complexity index is 997. The number of hydrogen-bond acceptors (Lipinski definition) is 6. The minimum absolute atomic E-state index is 0.0710. The molecule has 2 aliphatic carbocycles. The third-order valence-electron chi connectivity index (χ3n) is 7.41. The van der Waals surface area contributed by atoms with Gasteiger partial charge in [0.1, 0.15) is 0 Å². The van der Waals surface area contributed by atoms with Crippen LogP contribution in [0.5, 0.6) is 0 Å². The largest absolute Gasteiger partial charge is 0.346 e. The Kier molecular flexibility index (Phi) is 4.69. The van der Waals surface area contributed by atoms with Crippen molar-refractivity contribution in [2.75, 3.05) is 44.2 Å². The van der Waals surface area contributed by atoms with E-state index in [0.29, 0.717) is 18.4 Å². The number of likely N-dealkylation sites (tertiary alicyclic amines) is 1. The molecule has 0 N–H and O–H groups in total. The summed E-state index contributed by atoms with van der Waals surface area (Å²) in [4.78, 5) is 36.8. The van der Waals surface area contributed by atoms with Crippen molar-refractivity contribution >= 4 is 28.3 Å². The summed E-state index contributed by atoms with van der Waals surface area (Å²) >= 11 is 1.69. The SMILES string of the molecule is O=C1[C@@H]2[C@@H](C(=O)N1CCN1CCN(c3nc(-c4ccccc4)cs3)CC1)[C@H]1C=C[C@@H]2C1. The van der Waals surface area contributed by atoms with Crippen molar-refractivity contribution in [1.82, 2.24) is 14.8 Å². The van der Waals surface area contributed by atoms with Gasteiger partial charge in [-0.1, -0.05) is 42.5 Å². The summed E-state index contributed by atoms with van der Waals surface area (Å²) in [5.74, 6) is 0.563. The van der Waals surface area contributed by atoms with Crippen LogP contribution in [0.15, 0.2) is 47.9 Å². The van der Waals surface area contributed by atoms with Gasteiger partial charge in [-0.3, -0.25) is 19.4 Å². The van der Waals surface area contributed by atoms with Crippen LogP contribution in [0.3, 0.4) is 0 Å². The molecule has 2 aliphatic heterocycles. The van der Waals surface area contributed by atoms with Crippen LogP contribution in [0.4, 0.5) is 5.13 Å². The molecule has 0 spiro atoms. The number of hydrogen-bond donors (Lipinski definition) is 0. The molecule has 6 rings (SSSR count). The predicted octanol–water partition coefficient (Wildman–Crippen LogP) is 2.74. The second-order valence-corrected chi connectivity index (χ2v) is 9.87. The maximum Gasteiger partial charge on any atom is 0.233 e. The molecule has 0 radical (unpaired) electrons. The van der Waals surface area contributed by atoms with Crippen molar-refractivity contribution in [2.45, 2.75) is 6.42 Å². The van der Waals surface area contributed by atoms with Crippen molar-refractivity contribution in [1.29, 1.82) is 0 Å². The molecular formula is C24H26N4O2S. The highest BCUT2D eigenvalue weighted by atomic mass is 32.1. The first-order valence-electron chi connectivity index (χ1n) is 11.2. The van der Waals surface area contributed by atoms with E-state index in [-0.39, 0.29) is 23.7 Å². The van der Waals surface area contributed by atoms with Gasteiger partial charge in [0.2, 0.25) is 11.8 Å². The highest BCUT2D eigenvalue weighted by Gasteiger charge is 2.59. The molecule has 31 heavy (non-hydrogen) atoms. The minimum atomic E-state index is -0.0805. The summed E-state index contributed by atoms with van der Waals surface area (Å²) in [6.07, 6.45) is 5.30. The average Bonchev–Trinajstić information content (AvgIpc) is 3.59. The van der Waals surface area contributed by atoms with Crippen LogP contribution < -0.4 is 4.90 Å². The Labute approximate surface area is 186 Å². The normalized spacial score (nSPS) is 29.9. The van der Waals surface area contributed by atoms with E-state index in [0.717, 1.165) is 55.5 Å². The zero-order valence-electron chi connectivity index (χ0n) is 17.4. The third kappa shape index (κ3) is 3.22. The number of amides is 2. The zero-order valence-corrected chi connectivity index (χ0v) is 18.2. The van der Waals surface area contributed by atoms with Gasteiger partial charge in [0.05, 0.1) is 17.5 Å². The lowest BCUT2D eigenvalue weighted by atomic mass is 9.85. The standard InChI is InChI=1S/C24H26N4O2S/c29-22-20-17-6-7-18(14-17)21(20)23(30)28(22)13-10-26-8-11-27(12-9-26)24-25-19(15-31-24)16-4-2-1-3-5-16/h1-7,15,17-18,20-21H,8-14H2/t17-,18+,20-,21-/m0/s1. The van der Waals surface area contributed by atoms with Crippen molar-refractivity contribution in [3.63, 3.8) is 0 Å². The molecule has 2 amide bonds. The molecule has 1 aromatic carbocycles. The van der Waals surface area contributed by atoms with Crippen LogP contribution in [0.2, 0.25) is 0 Å². The lowest BCUT2D eigenvalue weighted by molar-refractivity contribution is -0.140. The van der Waals surface area contributed by atoms with Gasteiger partial charge in [-0.15, -0.1) is 11.3 Å². The molecular weight excluding hydrogens is 408 g/mol. The van der Waals surface area contributed by atoms with Crippen LogP contribution >= 0.6 is 11.3 Å². The van der Waals surface area contributed by atoms with Gasteiger partial charge in [0, 0.05) is 50.2 Å². The molecule has 3 fully saturated rings. The van der Waals surface area contributed by atoms with Crippen LogP contribution in [-0.4, -0.2) is 65.9 Å². The van der Waals surface area contributed by atoms with E-state index in [4.69, 9.17) is 4.98 Å². The Morgan fingerprint density at radius 1 is 0.903 bits per heavy atom. The molecule has 1 saturated carbocycles. The second-order valence-electron chi connectivity index (χ2n) is 9.04. The lowest BCUT2D eigenvalue weighted by Crippen LogP contribution is -2.49. The highest BCUT2D eigenvalue weighted by molar-refractivity contribution is 7.14. The first kappa shape index (κ1) is 19.2. The number of aromatic nitrogens is 1. The molecule has 7 heteroatoms. The van der Waals surface area contributed by atoms with Crippen molar-refractivity contribution in [3.8, 4) is 11.3 Å². The van der Waals surface area contributed by atoms with Crippen molar-refractivity contribution < 1.29 is 9.59 Å². The van der Waals surface area contributed by atoms with E-state index in [2.05, 4.69) is 39.5 Å². The van der Waals surface area contributed by atoms with E-state index < -0.39 is 0 Å². The number of carbonyl (C=O) groups is 2. The number of rotatable bonds is 5. The monoisotopic (exact) mass is 434 g/mol. The topological polar surface area (TPSA) is 56.8 Å². The lowest BCUT2D eigenvalue weighted by Gasteiger charge is -2.35. The van der Waals surface area contributed by atoms with Gasteiger partial charge in [-0.2, -0.15) is 0 Å². The number of carbonyl (C=O) groups excluding carboxylic acids is 2. The molecule has 2 bridgehead atoms. The van der Waals surface area contributed by atoms with Gasteiger partial charge >= 0.3 is 0 Å². The molecule has 4 aliphatic rings. The minimum Gasteiger partial charge on any atom is -0.346 e. The number of nitrogens with zero attached hydrogens (tertiary/aromatic N) is 4. The number of piperazine rings is 1. The smallest absolute Gasteiger partial charge is 0.233 e. The first-order valence-corrected chi connectivity index (χ1v) is 12.1. The van der Waals surface area contributed by atoms with Crippen LogP contribution in [0.1, 0.15) is 6.42 Å². The first-order chi connectivity index (χ1) is 15.2. The number of fused-ring (bicyclic) bond motifs is 5. The summed E-state index contributed by atoms with van der Waals surface area (Å²) < 4.78 is 0. The molecule has 4 atom stereocenters. The maximum atomic E-state index is 12.9. The fourth-order valence-corrected chi connectivity index (χ4v) is 6.63. The average molecular weight is 435 g/mol. The number of imide groups is 1.